The Morgan fingerprint density at radius 3 is 2.56 bits per heavy atom. The van der Waals surface area contributed by atoms with Gasteiger partial charge < -0.3 is 10.0 Å². The zero-order valence-electron chi connectivity index (χ0n) is 25.6. The van der Waals surface area contributed by atoms with Crippen molar-refractivity contribution in [1.29, 1.82) is 5.26 Å². The van der Waals surface area contributed by atoms with Crippen LogP contribution in [-0.2, 0) is 17.8 Å². The monoisotopic (exact) mass is 585 g/mol. The molecule has 3 aromatic rings. The standard InChI is InChI=1S/C35H44FN5O2/c1-4-24(3)34(35(42)43)40-22-29(32(23-40)28-10-7-11-30(36)18-28)21-39-14-12-27(13-15-39)33-19-31(38-41(33)5-2)17-25-8-6-9-26(16-25)20-37/h6-11,16,18-19,24,27,29,32,34H,4-5,12-15,17,21-23H2,1-3H3,(H,42,43)/t24-,29-,32+,34+/m0/s1. The molecule has 2 aliphatic heterocycles. The Kier molecular flexibility index (Phi) is 9.94. The predicted octanol–water partition coefficient (Wildman–Crippen LogP) is 5.90. The maximum atomic E-state index is 14.3. The molecule has 228 valence electrons. The molecule has 43 heavy (non-hydrogen) atoms. The number of rotatable bonds is 11. The minimum atomic E-state index is -0.765. The van der Waals surface area contributed by atoms with E-state index < -0.39 is 12.0 Å². The zero-order valence-corrected chi connectivity index (χ0v) is 25.6. The molecule has 2 fully saturated rings. The van der Waals surface area contributed by atoms with Crippen molar-refractivity contribution in [1.82, 2.24) is 19.6 Å². The number of aromatic nitrogens is 2. The van der Waals surface area contributed by atoms with Crippen LogP contribution in [0.3, 0.4) is 0 Å². The summed E-state index contributed by atoms with van der Waals surface area (Å²) < 4.78 is 16.4. The van der Waals surface area contributed by atoms with Crippen molar-refractivity contribution in [3.8, 4) is 6.07 Å². The van der Waals surface area contributed by atoms with Crippen molar-refractivity contribution in [3.05, 3.63) is 88.5 Å². The maximum Gasteiger partial charge on any atom is 0.321 e. The summed E-state index contributed by atoms with van der Waals surface area (Å²) in [7, 11) is 0. The van der Waals surface area contributed by atoms with Crippen LogP contribution in [0.2, 0.25) is 0 Å². The number of carboxylic acid groups (broad SMARTS) is 1. The van der Waals surface area contributed by atoms with Crippen LogP contribution in [0.25, 0.3) is 0 Å². The van der Waals surface area contributed by atoms with Crippen molar-refractivity contribution in [2.45, 2.75) is 70.9 Å². The number of carboxylic acids is 1. The van der Waals surface area contributed by atoms with E-state index in [-0.39, 0.29) is 23.6 Å². The molecule has 4 atom stereocenters. The first-order valence-electron chi connectivity index (χ1n) is 15.8. The lowest BCUT2D eigenvalue weighted by atomic mass is 9.87. The van der Waals surface area contributed by atoms with Crippen LogP contribution in [0.15, 0.2) is 54.6 Å². The third kappa shape index (κ3) is 7.17. The zero-order chi connectivity index (χ0) is 30.5. The minimum Gasteiger partial charge on any atom is -0.480 e. The van der Waals surface area contributed by atoms with Gasteiger partial charge in [0.1, 0.15) is 11.9 Å². The molecule has 5 rings (SSSR count). The summed E-state index contributed by atoms with van der Waals surface area (Å²) in [4.78, 5) is 17.0. The van der Waals surface area contributed by atoms with Crippen LogP contribution in [0, 0.1) is 29.0 Å². The Bertz CT molecular complexity index is 1440. The van der Waals surface area contributed by atoms with Gasteiger partial charge in [-0.2, -0.15) is 10.4 Å². The van der Waals surface area contributed by atoms with Crippen molar-refractivity contribution in [3.63, 3.8) is 0 Å². The first-order chi connectivity index (χ1) is 20.8. The van der Waals surface area contributed by atoms with E-state index in [1.54, 1.807) is 12.1 Å². The first kappa shape index (κ1) is 30.9. The molecule has 0 bridgehead atoms. The highest BCUT2D eigenvalue weighted by molar-refractivity contribution is 5.74. The fourth-order valence-corrected chi connectivity index (χ4v) is 7.27. The molecule has 1 aromatic heterocycles. The average molecular weight is 586 g/mol. The van der Waals surface area contributed by atoms with Gasteiger partial charge in [-0.1, -0.05) is 44.5 Å². The number of halogens is 1. The summed E-state index contributed by atoms with van der Waals surface area (Å²) in [6, 6.07) is 18.6. The van der Waals surface area contributed by atoms with E-state index in [0.29, 0.717) is 31.0 Å². The normalized spacial score (nSPS) is 21.5. The van der Waals surface area contributed by atoms with Crippen LogP contribution >= 0.6 is 0 Å². The summed E-state index contributed by atoms with van der Waals surface area (Å²) in [5, 5.41) is 24.3. The molecule has 0 radical (unpaired) electrons. The lowest BCUT2D eigenvalue weighted by Gasteiger charge is -2.35. The Hall–Kier alpha value is -3.54. The van der Waals surface area contributed by atoms with Gasteiger partial charge in [-0.15, -0.1) is 0 Å². The second-order valence-corrected chi connectivity index (χ2v) is 12.5. The minimum absolute atomic E-state index is 0.0451. The van der Waals surface area contributed by atoms with Gasteiger partial charge in [0.15, 0.2) is 0 Å². The van der Waals surface area contributed by atoms with Gasteiger partial charge in [0.25, 0.3) is 0 Å². The molecule has 0 spiro atoms. The highest BCUT2D eigenvalue weighted by atomic mass is 19.1. The third-order valence-electron chi connectivity index (χ3n) is 9.68. The molecule has 2 saturated heterocycles. The van der Waals surface area contributed by atoms with Gasteiger partial charge in [-0.3, -0.25) is 14.4 Å². The molecule has 0 aliphatic carbocycles. The third-order valence-corrected chi connectivity index (χ3v) is 9.68. The number of nitriles is 1. The number of nitrogens with zero attached hydrogens (tertiary/aromatic N) is 5. The molecule has 7 nitrogen and oxygen atoms in total. The van der Waals surface area contributed by atoms with E-state index in [4.69, 9.17) is 5.10 Å². The van der Waals surface area contributed by atoms with E-state index >= 15 is 0 Å². The van der Waals surface area contributed by atoms with Crippen molar-refractivity contribution in [2.24, 2.45) is 11.8 Å². The number of aliphatic carboxylic acids is 1. The predicted molar refractivity (Wildman–Crippen MR) is 165 cm³/mol. The summed E-state index contributed by atoms with van der Waals surface area (Å²) in [6.45, 7) is 11.2. The highest BCUT2D eigenvalue weighted by Crippen LogP contribution is 2.37. The van der Waals surface area contributed by atoms with Crippen LogP contribution in [0.1, 0.15) is 79.9 Å². The molecule has 2 aromatic carbocycles. The first-order valence-corrected chi connectivity index (χ1v) is 15.8. The van der Waals surface area contributed by atoms with Crippen LogP contribution in [0.4, 0.5) is 4.39 Å². The number of benzene rings is 2. The molecular weight excluding hydrogens is 541 g/mol. The van der Waals surface area contributed by atoms with Crippen molar-refractivity contribution < 1.29 is 14.3 Å². The Balaban J connectivity index is 1.26. The molecule has 1 N–H and O–H groups in total. The number of likely N-dealkylation sites (tertiary alicyclic amines) is 2. The summed E-state index contributed by atoms with van der Waals surface area (Å²) in [5.74, 6) is -0.188. The van der Waals surface area contributed by atoms with E-state index in [2.05, 4.69) is 33.5 Å². The van der Waals surface area contributed by atoms with Gasteiger partial charge in [-0.25, -0.2) is 4.39 Å². The summed E-state index contributed by atoms with van der Waals surface area (Å²) in [5.41, 5.74) is 5.06. The molecule has 8 heteroatoms. The second-order valence-electron chi connectivity index (χ2n) is 12.5. The molecule has 0 amide bonds. The van der Waals surface area contributed by atoms with Crippen molar-refractivity contribution >= 4 is 5.97 Å². The molecule has 3 heterocycles. The average Bonchev–Trinajstić information content (AvgIpc) is 3.61. The number of hydrogen-bond acceptors (Lipinski definition) is 5. The van der Waals surface area contributed by atoms with Gasteiger partial charge in [0, 0.05) is 50.1 Å². The Morgan fingerprint density at radius 1 is 1.12 bits per heavy atom. The van der Waals surface area contributed by atoms with Crippen LogP contribution in [-0.4, -0.2) is 69.4 Å². The SMILES string of the molecule is CC[C@H](C)[C@H](C(=O)O)N1C[C@H](CN2CCC(c3cc(Cc4cccc(C#N)c4)nn3CC)CC2)[C@@H](c2cccc(F)c2)C1. The topological polar surface area (TPSA) is 85.4 Å². The van der Waals surface area contributed by atoms with E-state index in [9.17, 15) is 19.6 Å². The number of aryl methyl sites for hydroxylation is 1. The fourth-order valence-electron chi connectivity index (χ4n) is 7.27. The van der Waals surface area contributed by atoms with Gasteiger partial charge in [-0.05, 0) is 86.1 Å². The Morgan fingerprint density at radius 2 is 1.88 bits per heavy atom. The highest BCUT2D eigenvalue weighted by Gasteiger charge is 2.42. The second kappa shape index (κ2) is 13.8. The van der Waals surface area contributed by atoms with Crippen LogP contribution < -0.4 is 0 Å². The molecule has 2 aliphatic rings. The molecular formula is C35H44FN5O2. The number of carbonyl (C=O) groups is 1. The largest absolute Gasteiger partial charge is 0.480 e. The maximum absolute atomic E-state index is 14.3. The van der Waals surface area contributed by atoms with E-state index in [1.165, 1.54) is 11.8 Å². The van der Waals surface area contributed by atoms with Crippen LogP contribution in [0.5, 0.6) is 0 Å². The van der Waals surface area contributed by atoms with Gasteiger partial charge in [0.2, 0.25) is 0 Å². The number of piperidine rings is 1. The van der Waals surface area contributed by atoms with E-state index in [0.717, 1.165) is 62.3 Å². The Labute approximate surface area is 254 Å². The summed E-state index contributed by atoms with van der Waals surface area (Å²) in [6.07, 6.45) is 3.60. The fraction of sp³-hybridized carbons (Fsp3) is 0.514. The molecule has 0 unspecified atom stereocenters. The van der Waals surface area contributed by atoms with Gasteiger partial charge in [0.05, 0.1) is 17.3 Å². The smallest absolute Gasteiger partial charge is 0.321 e. The van der Waals surface area contributed by atoms with Gasteiger partial charge >= 0.3 is 5.97 Å². The quantitative estimate of drug-likeness (QED) is 0.302. The molecule has 0 saturated carbocycles. The summed E-state index contributed by atoms with van der Waals surface area (Å²) >= 11 is 0. The number of hydrogen-bond donors (Lipinski definition) is 1. The van der Waals surface area contributed by atoms with Crippen molar-refractivity contribution in [2.75, 3.05) is 32.7 Å². The lowest BCUT2D eigenvalue weighted by molar-refractivity contribution is -0.145. The van der Waals surface area contributed by atoms with E-state index in [1.807, 2.05) is 44.2 Å². The lowest BCUT2D eigenvalue weighted by Crippen LogP contribution is -2.45.